The van der Waals surface area contributed by atoms with Crippen LogP contribution >= 0.6 is 0 Å². The molecule has 9 heavy (non-hydrogen) atoms. The molecule has 0 radical (unpaired) electrons. The zero-order chi connectivity index (χ0) is 5.54. The minimum absolute atomic E-state index is 0. The maximum atomic E-state index is 6.53. The SMILES string of the molecule is [Br-].[C-]#CCCCCC.[Mg+2]. The van der Waals surface area contributed by atoms with E-state index in [1.807, 2.05) is 0 Å². The molecule has 2 heteroatoms. The summed E-state index contributed by atoms with van der Waals surface area (Å²) in [7, 11) is 0. The van der Waals surface area contributed by atoms with Gasteiger partial charge in [-0.15, -0.1) is 0 Å². The fourth-order valence-electron chi connectivity index (χ4n) is 0.463. The van der Waals surface area contributed by atoms with Gasteiger partial charge in [-0.25, -0.2) is 0 Å². The largest absolute Gasteiger partial charge is 2.00 e. The minimum atomic E-state index is 0. The molecule has 0 amide bonds. The van der Waals surface area contributed by atoms with E-state index in [-0.39, 0.29) is 40.0 Å². The van der Waals surface area contributed by atoms with Crippen molar-refractivity contribution in [2.45, 2.75) is 32.6 Å². The standard InChI is InChI=1S/C7H11.BrH.Mg/c1-3-5-7-6-4-2;;/h3,5-7H2,1H3;1H;/q-1;;+2/p-1. The quantitative estimate of drug-likeness (QED) is 0.231. The molecule has 48 valence electrons. The second-order valence-corrected chi connectivity index (χ2v) is 1.63. The monoisotopic (exact) mass is 198 g/mol. The molecule has 0 bridgehead atoms. The molecule has 0 saturated carbocycles. The summed E-state index contributed by atoms with van der Waals surface area (Å²) in [6.07, 6.45) is 11.0. The number of hydrogen-bond donors (Lipinski definition) is 0. The van der Waals surface area contributed by atoms with E-state index in [0.29, 0.717) is 0 Å². The van der Waals surface area contributed by atoms with Gasteiger partial charge in [-0.1, -0.05) is 19.8 Å². The Bertz CT molecular complexity index is 65.8. The molecule has 0 spiro atoms. The van der Waals surface area contributed by atoms with Gasteiger partial charge >= 0.3 is 23.1 Å². The maximum absolute atomic E-state index is 6.53. The van der Waals surface area contributed by atoms with Crippen LogP contribution in [0.4, 0.5) is 0 Å². The van der Waals surface area contributed by atoms with Crippen molar-refractivity contribution in [1.82, 2.24) is 0 Å². The van der Waals surface area contributed by atoms with Crippen LogP contribution in [-0.2, 0) is 0 Å². The van der Waals surface area contributed by atoms with Crippen molar-refractivity contribution in [3.05, 3.63) is 6.42 Å². The molecule has 0 fully saturated rings. The van der Waals surface area contributed by atoms with Crippen LogP contribution in [-0.4, -0.2) is 23.1 Å². The van der Waals surface area contributed by atoms with E-state index in [4.69, 9.17) is 6.42 Å². The Kier molecular flexibility index (Phi) is 29.0. The minimum Gasteiger partial charge on any atom is -1.00 e. The van der Waals surface area contributed by atoms with Gasteiger partial charge in [0.2, 0.25) is 0 Å². The molecule has 0 N–H and O–H groups in total. The summed E-state index contributed by atoms with van der Waals surface area (Å²) in [5.41, 5.74) is 0. The van der Waals surface area contributed by atoms with Crippen LogP contribution in [0.25, 0.3) is 0 Å². The van der Waals surface area contributed by atoms with Crippen molar-refractivity contribution in [3.8, 4) is 5.92 Å². The first-order chi connectivity index (χ1) is 3.41. The predicted octanol–water partition coefficient (Wildman–Crippen LogP) is -1.22. The summed E-state index contributed by atoms with van der Waals surface area (Å²) < 4.78 is 0. The van der Waals surface area contributed by atoms with Crippen LogP contribution < -0.4 is 17.0 Å². The summed E-state index contributed by atoms with van der Waals surface area (Å²) >= 11 is 0. The van der Waals surface area contributed by atoms with E-state index in [9.17, 15) is 0 Å². The van der Waals surface area contributed by atoms with Crippen molar-refractivity contribution in [1.29, 1.82) is 0 Å². The van der Waals surface area contributed by atoms with Gasteiger partial charge in [0.05, 0.1) is 0 Å². The third-order valence-electron chi connectivity index (χ3n) is 0.905. The Balaban J connectivity index is -0.000000180. The molecule has 0 atom stereocenters. The van der Waals surface area contributed by atoms with Crippen LogP contribution in [0.5, 0.6) is 0 Å². The summed E-state index contributed by atoms with van der Waals surface area (Å²) in [6.45, 7) is 2.16. The second-order valence-electron chi connectivity index (χ2n) is 1.63. The Hall–Kier alpha value is 0.806. The Morgan fingerprint density at radius 3 is 2.22 bits per heavy atom. The zero-order valence-electron chi connectivity index (χ0n) is 5.91. The molecular formula is C7H11BrMg. The molecule has 0 nitrogen and oxygen atoms in total. The van der Waals surface area contributed by atoms with Gasteiger partial charge in [0.1, 0.15) is 0 Å². The average molecular weight is 199 g/mol. The number of unbranched alkanes of at least 4 members (excludes halogenated alkanes) is 3. The van der Waals surface area contributed by atoms with Gasteiger partial charge in [-0.05, 0) is 12.8 Å². The molecule has 0 rings (SSSR count). The van der Waals surface area contributed by atoms with E-state index in [2.05, 4.69) is 12.8 Å². The zero-order valence-corrected chi connectivity index (χ0v) is 8.91. The molecule has 0 aromatic rings. The Labute approximate surface area is 84.7 Å². The van der Waals surface area contributed by atoms with Gasteiger partial charge in [-0.2, -0.15) is 0 Å². The van der Waals surface area contributed by atoms with Gasteiger partial charge in [-0.3, -0.25) is 0 Å². The van der Waals surface area contributed by atoms with Gasteiger partial charge in [0, 0.05) is 0 Å². The van der Waals surface area contributed by atoms with E-state index >= 15 is 0 Å². The second kappa shape index (κ2) is 15.9. The Morgan fingerprint density at radius 2 is 1.89 bits per heavy atom. The summed E-state index contributed by atoms with van der Waals surface area (Å²) in [6, 6.07) is 0. The van der Waals surface area contributed by atoms with E-state index in [0.717, 1.165) is 12.8 Å². The topological polar surface area (TPSA) is 0 Å². The summed E-state index contributed by atoms with van der Waals surface area (Å²) in [5.74, 6) is 2.35. The van der Waals surface area contributed by atoms with Crippen LogP contribution in [0, 0.1) is 12.3 Å². The first kappa shape index (κ1) is 16.4. The normalized spacial score (nSPS) is 6.22. The molecule has 0 saturated heterocycles. The van der Waals surface area contributed by atoms with Gasteiger partial charge in [0.25, 0.3) is 0 Å². The van der Waals surface area contributed by atoms with E-state index < -0.39 is 0 Å². The predicted molar refractivity (Wildman–Crippen MR) is 37.0 cm³/mol. The van der Waals surface area contributed by atoms with Crippen molar-refractivity contribution in [2.24, 2.45) is 0 Å². The van der Waals surface area contributed by atoms with Crippen LogP contribution in [0.15, 0.2) is 0 Å². The molecule has 0 aliphatic heterocycles. The third-order valence-corrected chi connectivity index (χ3v) is 0.905. The summed E-state index contributed by atoms with van der Waals surface area (Å²) in [4.78, 5) is 0. The Morgan fingerprint density at radius 1 is 1.33 bits per heavy atom. The fraction of sp³-hybridized carbons (Fsp3) is 0.714. The number of rotatable bonds is 3. The van der Waals surface area contributed by atoms with Crippen molar-refractivity contribution < 1.29 is 17.0 Å². The van der Waals surface area contributed by atoms with Crippen LogP contribution in [0.2, 0.25) is 0 Å². The maximum Gasteiger partial charge on any atom is 2.00 e. The smallest absolute Gasteiger partial charge is 1.00 e. The van der Waals surface area contributed by atoms with Gasteiger partial charge < -0.3 is 29.3 Å². The van der Waals surface area contributed by atoms with Gasteiger partial charge in [0.15, 0.2) is 0 Å². The van der Waals surface area contributed by atoms with Crippen molar-refractivity contribution >= 4 is 23.1 Å². The number of halogens is 1. The molecule has 0 aliphatic rings. The molecule has 0 aromatic carbocycles. The third kappa shape index (κ3) is 17.7. The molecule has 0 aromatic heterocycles. The first-order valence-electron chi connectivity index (χ1n) is 2.81. The first-order valence-corrected chi connectivity index (χ1v) is 2.81. The molecule has 0 aliphatic carbocycles. The van der Waals surface area contributed by atoms with Crippen LogP contribution in [0.3, 0.4) is 0 Å². The van der Waals surface area contributed by atoms with E-state index in [1.165, 1.54) is 12.8 Å². The molecule has 0 unspecified atom stereocenters. The van der Waals surface area contributed by atoms with E-state index in [1.54, 1.807) is 0 Å². The van der Waals surface area contributed by atoms with Crippen molar-refractivity contribution in [3.63, 3.8) is 0 Å². The van der Waals surface area contributed by atoms with Crippen molar-refractivity contribution in [2.75, 3.05) is 0 Å². The average Bonchev–Trinajstić information content (AvgIpc) is 1.69. The molecular weight excluding hydrogens is 188 g/mol. The van der Waals surface area contributed by atoms with Crippen LogP contribution in [0.1, 0.15) is 32.6 Å². The number of hydrogen-bond acceptors (Lipinski definition) is 0. The molecule has 0 heterocycles. The fourth-order valence-corrected chi connectivity index (χ4v) is 0.463. The summed E-state index contributed by atoms with van der Waals surface area (Å²) in [5, 5.41) is 0.